The quantitative estimate of drug-likeness (QED) is 0.298. The van der Waals surface area contributed by atoms with Crippen LogP contribution in [0.15, 0.2) is 30.5 Å². The standard InChI is InChI=1S/C35H34F3N5O4/c1-3-23-26(37)5-4-20-10-22(44)11-24(27(20)23)29-28(38)30-25(13-39-29)31(42-8-9-46-18-33(2,45)16-42)41-32(40-30)47-19-35-12-21(36)14-43(35)17-34(15-35)6-7-34/h1,4-5,10-11,13,21,44-45H,6-9,12,14-19H2,2H3/t21-,33?,35+/m1/s1. The molecule has 2 N–H and O–H groups in total. The lowest BCUT2D eigenvalue weighted by Gasteiger charge is -2.31. The Morgan fingerprint density at radius 1 is 1.19 bits per heavy atom. The lowest BCUT2D eigenvalue weighted by Crippen LogP contribution is -2.44. The molecule has 4 fully saturated rings. The van der Waals surface area contributed by atoms with Crippen molar-refractivity contribution in [3.8, 4) is 35.4 Å². The number of phenols is 1. The van der Waals surface area contributed by atoms with E-state index < -0.39 is 28.9 Å². The second kappa shape index (κ2) is 10.7. The lowest BCUT2D eigenvalue weighted by molar-refractivity contribution is -0.0123. The van der Waals surface area contributed by atoms with Gasteiger partial charge in [0.1, 0.15) is 47.0 Å². The first-order valence-electron chi connectivity index (χ1n) is 15.8. The first-order chi connectivity index (χ1) is 22.5. The molecule has 244 valence electrons. The fourth-order valence-electron chi connectivity index (χ4n) is 7.98. The summed E-state index contributed by atoms with van der Waals surface area (Å²) in [5.74, 6) is 0.939. The van der Waals surface area contributed by atoms with Crippen LogP contribution < -0.4 is 9.64 Å². The maximum absolute atomic E-state index is 16.8. The van der Waals surface area contributed by atoms with Gasteiger partial charge in [-0.25, -0.2) is 13.2 Å². The van der Waals surface area contributed by atoms with E-state index in [1.54, 1.807) is 11.8 Å². The van der Waals surface area contributed by atoms with Crippen LogP contribution in [-0.2, 0) is 4.74 Å². The molecule has 9 nitrogen and oxygen atoms in total. The topological polar surface area (TPSA) is 104 Å². The Kier molecular flexibility index (Phi) is 6.85. The van der Waals surface area contributed by atoms with E-state index in [1.165, 1.54) is 30.5 Å². The van der Waals surface area contributed by atoms with E-state index in [0.717, 1.165) is 25.8 Å². The van der Waals surface area contributed by atoms with E-state index in [2.05, 4.69) is 20.8 Å². The summed E-state index contributed by atoms with van der Waals surface area (Å²) < 4.78 is 58.3. The SMILES string of the molecule is C#Cc1c(F)ccc2cc(O)cc(-c3ncc4c(N5CCOCC(C)(O)C5)nc(OC[C@@]56C[C@@H](F)CN5CC5(CC5)C6)nc4c3F)c12. The first kappa shape index (κ1) is 30.2. The number of fused-ring (bicyclic) bond motifs is 3. The smallest absolute Gasteiger partial charge is 0.319 e. The molecular formula is C35H34F3N5O4. The maximum atomic E-state index is 16.8. The molecule has 2 aromatic carbocycles. The number of β-amino-alcohol motifs (C(OH)–C–C–N with tert-alkyl or cyclic N) is 1. The van der Waals surface area contributed by atoms with Crippen molar-refractivity contribution in [3.05, 3.63) is 47.7 Å². The summed E-state index contributed by atoms with van der Waals surface area (Å²) in [5, 5.41) is 22.4. The number of ether oxygens (including phenoxy) is 2. The van der Waals surface area contributed by atoms with Gasteiger partial charge in [0.05, 0.1) is 36.2 Å². The molecule has 4 aromatic rings. The molecule has 2 aromatic heterocycles. The number of rotatable bonds is 5. The highest BCUT2D eigenvalue weighted by molar-refractivity contribution is 6.03. The summed E-state index contributed by atoms with van der Waals surface area (Å²) in [6, 6.07) is 5.25. The molecule has 4 aliphatic rings. The number of pyridine rings is 1. The Balaban J connectivity index is 1.27. The molecule has 1 aliphatic carbocycles. The Labute approximate surface area is 269 Å². The average molecular weight is 646 g/mol. The fourth-order valence-corrected chi connectivity index (χ4v) is 7.98. The number of aromatic nitrogens is 3. The molecule has 1 spiro atoms. The molecule has 8 rings (SSSR count). The largest absolute Gasteiger partial charge is 0.508 e. The molecule has 3 aliphatic heterocycles. The molecule has 3 saturated heterocycles. The maximum Gasteiger partial charge on any atom is 0.319 e. The number of benzene rings is 2. The summed E-state index contributed by atoms with van der Waals surface area (Å²) in [6.45, 7) is 3.86. The summed E-state index contributed by atoms with van der Waals surface area (Å²) in [7, 11) is 0. The van der Waals surface area contributed by atoms with Gasteiger partial charge >= 0.3 is 6.01 Å². The second-order valence-corrected chi connectivity index (χ2v) is 14.0. The molecule has 0 amide bonds. The zero-order chi connectivity index (χ0) is 32.7. The van der Waals surface area contributed by atoms with Crippen molar-refractivity contribution in [2.75, 3.05) is 50.9 Å². The van der Waals surface area contributed by atoms with Crippen LogP contribution in [0.25, 0.3) is 32.9 Å². The van der Waals surface area contributed by atoms with E-state index in [-0.39, 0.29) is 70.0 Å². The Bertz CT molecular complexity index is 1980. The molecule has 0 radical (unpaired) electrons. The van der Waals surface area contributed by atoms with Gasteiger partial charge in [0.15, 0.2) is 5.82 Å². The minimum atomic E-state index is -1.22. The molecule has 0 bridgehead atoms. The number of anilines is 1. The van der Waals surface area contributed by atoms with Gasteiger partial charge in [-0.05, 0) is 55.2 Å². The molecule has 12 heteroatoms. The normalized spacial score (nSPS) is 26.9. The van der Waals surface area contributed by atoms with Gasteiger partial charge in [0.2, 0.25) is 0 Å². The van der Waals surface area contributed by atoms with Crippen molar-refractivity contribution in [1.29, 1.82) is 0 Å². The van der Waals surface area contributed by atoms with Crippen molar-refractivity contribution in [2.24, 2.45) is 5.41 Å². The van der Waals surface area contributed by atoms with E-state index in [0.29, 0.717) is 37.3 Å². The second-order valence-electron chi connectivity index (χ2n) is 14.0. The predicted molar refractivity (Wildman–Crippen MR) is 169 cm³/mol. The van der Waals surface area contributed by atoms with Gasteiger partial charge in [0.25, 0.3) is 0 Å². The number of hydrogen-bond acceptors (Lipinski definition) is 9. The number of terminal acetylenes is 1. The van der Waals surface area contributed by atoms with Gasteiger partial charge in [-0.1, -0.05) is 12.0 Å². The lowest BCUT2D eigenvalue weighted by atomic mass is 9.89. The van der Waals surface area contributed by atoms with E-state index in [9.17, 15) is 19.0 Å². The summed E-state index contributed by atoms with van der Waals surface area (Å²) in [6.07, 6.45) is 9.54. The number of alkyl halides is 1. The van der Waals surface area contributed by atoms with Crippen molar-refractivity contribution in [1.82, 2.24) is 19.9 Å². The Morgan fingerprint density at radius 2 is 2.02 bits per heavy atom. The zero-order valence-electron chi connectivity index (χ0n) is 25.9. The third-order valence-corrected chi connectivity index (χ3v) is 10.2. The van der Waals surface area contributed by atoms with Gasteiger partial charge in [-0.2, -0.15) is 9.97 Å². The van der Waals surface area contributed by atoms with Crippen molar-refractivity contribution in [2.45, 2.75) is 49.9 Å². The molecular weight excluding hydrogens is 611 g/mol. The minimum Gasteiger partial charge on any atom is -0.508 e. The van der Waals surface area contributed by atoms with Crippen LogP contribution in [0.5, 0.6) is 11.8 Å². The third-order valence-electron chi connectivity index (χ3n) is 10.2. The highest BCUT2D eigenvalue weighted by atomic mass is 19.1. The third kappa shape index (κ3) is 5.12. The van der Waals surface area contributed by atoms with Crippen LogP contribution in [-0.4, -0.2) is 93.4 Å². The highest BCUT2D eigenvalue weighted by Crippen LogP contribution is 2.60. The molecule has 5 heterocycles. The van der Waals surface area contributed by atoms with Crippen molar-refractivity contribution >= 4 is 27.5 Å². The van der Waals surface area contributed by atoms with Gasteiger partial charge in [-0.15, -0.1) is 6.42 Å². The predicted octanol–water partition coefficient (Wildman–Crippen LogP) is 4.74. The van der Waals surface area contributed by atoms with Gasteiger partial charge in [-0.3, -0.25) is 9.88 Å². The Hall–Kier alpha value is -4.18. The van der Waals surface area contributed by atoms with Crippen LogP contribution in [0, 0.1) is 29.4 Å². The van der Waals surface area contributed by atoms with Crippen LogP contribution in [0.3, 0.4) is 0 Å². The fraction of sp³-hybridized carbons (Fsp3) is 0.457. The van der Waals surface area contributed by atoms with Crippen LogP contribution >= 0.6 is 0 Å². The Morgan fingerprint density at radius 3 is 2.81 bits per heavy atom. The summed E-state index contributed by atoms with van der Waals surface area (Å²) >= 11 is 0. The van der Waals surface area contributed by atoms with Crippen LogP contribution in [0.2, 0.25) is 0 Å². The number of phenolic OH excluding ortho intramolecular Hbond substituents is 1. The van der Waals surface area contributed by atoms with Crippen molar-refractivity contribution < 1.29 is 32.9 Å². The number of nitrogens with zero attached hydrogens (tertiary/aromatic N) is 5. The van der Waals surface area contributed by atoms with Crippen molar-refractivity contribution in [3.63, 3.8) is 0 Å². The molecule has 1 saturated carbocycles. The van der Waals surface area contributed by atoms with E-state index >= 15 is 4.39 Å². The molecule has 3 atom stereocenters. The minimum absolute atomic E-state index is 0.0884. The monoisotopic (exact) mass is 645 g/mol. The number of hydrogen-bond donors (Lipinski definition) is 2. The highest BCUT2D eigenvalue weighted by Gasteiger charge is 2.62. The molecule has 1 unspecified atom stereocenters. The van der Waals surface area contributed by atoms with Crippen LogP contribution in [0.4, 0.5) is 19.0 Å². The van der Waals surface area contributed by atoms with Crippen LogP contribution in [0.1, 0.15) is 38.2 Å². The average Bonchev–Trinajstić information content (AvgIpc) is 3.67. The number of aliphatic hydroxyl groups is 1. The number of halogens is 3. The first-order valence-corrected chi connectivity index (χ1v) is 15.8. The van der Waals surface area contributed by atoms with Gasteiger partial charge in [0, 0.05) is 43.2 Å². The summed E-state index contributed by atoms with van der Waals surface area (Å²) in [4.78, 5) is 17.6. The van der Waals surface area contributed by atoms with E-state index in [1.807, 2.05) is 0 Å². The zero-order valence-corrected chi connectivity index (χ0v) is 25.9. The van der Waals surface area contributed by atoms with E-state index in [4.69, 9.17) is 20.9 Å². The summed E-state index contributed by atoms with van der Waals surface area (Å²) in [5.41, 5.74) is -1.82. The molecule has 47 heavy (non-hydrogen) atoms. The number of aromatic hydroxyl groups is 1. The van der Waals surface area contributed by atoms with Gasteiger partial charge < -0.3 is 24.6 Å².